The number of aromatic hydroxyl groups is 8. The fourth-order valence-electron chi connectivity index (χ4n) is 5.36. The molecule has 4 rings (SSSR count). The Morgan fingerprint density at radius 2 is 0.561 bits per heavy atom. The number of ether oxygens (including phenoxy) is 4. The maximum atomic E-state index is 13.0. The molecule has 57 heavy (non-hydrogen) atoms. The number of rotatable bonds is 20. The van der Waals surface area contributed by atoms with Gasteiger partial charge in [-0.3, -0.25) is 19.2 Å². The minimum atomic E-state index is -1.64. The molecule has 0 spiro atoms. The fourth-order valence-corrected chi connectivity index (χ4v) is 5.36. The Labute approximate surface area is 326 Å². The zero-order valence-electron chi connectivity index (χ0n) is 30.8. The van der Waals surface area contributed by atoms with Crippen LogP contribution in [-0.2, 0) is 63.8 Å². The van der Waals surface area contributed by atoms with Gasteiger partial charge in [-0.1, -0.05) is 24.3 Å². The van der Waals surface area contributed by atoms with Gasteiger partial charge in [-0.25, -0.2) is 0 Å². The molecule has 0 bridgehead atoms. The highest BCUT2D eigenvalue weighted by atomic mass is 16.6. The Morgan fingerprint density at radius 3 is 0.754 bits per heavy atom. The summed E-state index contributed by atoms with van der Waals surface area (Å²) in [5.74, 6) is -5.86. The maximum absolute atomic E-state index is 13.0. The molecule has 0 fully saturated rings. The van der Waals surface area contributed by atoms with Crippen LogP contribution in [0.15, 0.2) is 72.8 Å². The van der Waals surface area contributed by atoms with Crippen LogP contribution in [0.4, 0.5) is 0 Å². The molecule has 304 valence electrons. The lowest BCUT2D eigenvalue weighted by atomic mass is 9.92. The van der Waals surface area contributed by atoms with Crippen LogP contribution < -0.4 is 0 Å². The summed E-state index contributed by atoms with van der Waals surface area (Å²) in [5, 5.41) is 77.6. The van der Waals surface area contributed by atoms with Crippen LogP contribution in [0.25, 0.3) is 0 Å². The van der Waals surface area contributed by atoms with Crippen LogP contribution in [0.3, 0.4) is 0 Å². The van der Waals surface area contributed by atoms with E-state index in [1.165, 1.54) is 72.8 Å². The molecule has 0 saturated heterocycles. The Balaban J connectivity index is 1.50. The monoisotopic (exact) mass is 792 g/mol. The van der Waals surface area contributed by atoms with E-state index in [2.05, 4.69) is 0 Å². The lowest BCUT2D eigenvalue weighted by Crippen LogP contribution is -2.44. The van der Waals surface area contributed by atoms with Crippen molar-refractivity contribution in [3.8, 4) is 46.0 Å². The fraction of sp³-hybridized carbons (Fsp3) is 0.317. The molecule has 0 saturated carbocycles. The number of carbonyl (C=O) groups excluding carboxylic acids is 4. The number of hydrogen-bond donors (Lipinski definition) is 8. The van der Waals surface area contributed by atoms with E-state index in [4.69, 9.17) is 18.9 Å². The molecule has 0 aliphatic carbocycles. The highest BCUT2D eigenvalue weighted by molar-refractivity contribution is 5.72. The van der Waals surface area contributed by atoms with Gasteiger partial charge in [0.15, 0.2) is 46.0 Å². The summed E-state index contributed by atoms with van der Waals surface area (Å²) in [5.41, 5.74) is 0.400. The highest BCUT2D eigenvalue weighted by Crippen LogP contribution is 2.29. The van der Waals surface area contributed by atoms with E-state index < -0.39 is 55.7 Å². The van der Waals surface area contributed by atoms with E-state index in [-0.39, 0.29) is 97.4 Å². The van der Waals surface area contributed by atoms with Gasteiger partial charge in [0.2, 0.25) is 0 Å². The number of phenolic OH excluding ortho intramolecular Hbond substituents is 8. The van der Waals surface area contributed by atoms with E-state index in [9.17, 15) is 60.0 Å². The Bertz CT molecular complexity index is 1750. The Morgan fingerprint density at radius 1 is 0.351 bits per heavy atom. The van der Waals surface area contributed by atoms with Gasteiger partial charge in [0.05, 0.1) is 0 Å². The van der Waals surface area contributed by atoms with Crippen molar-refractivity contribution in [3.63, 3.8) is 0 Å². The molecule has 0 unspecified atom stereocenters. The summed E-state index contributed by atoms with van der Waals surface area (Å²) >= 11 is 0. The number of phenols is 8. The summed E-state index contributed by atoms with van der Waals surface area (Å²) in [6.07, 6.45) is -0.376. The molecule has 4 aromatic rings. The van der Waals surface area contributed by atoms with Crippen LogP contribution in [0.2, 0.25) is 0 Å². The zero-order valence-corrected chi connectivity index (χ0v) is 30.8. The third-order valence-electron chi connectivity index (χ3n) is 8.79. The molecule has 8 N–H and O–H groups in total. The largest absolute Gasteiger partial charge is 0.504 e. The molecule has 4 aromatic carbocycles. The van der Waals surface area contributed by atoms with Crippen molar-refractivity contribution in [2.45, 2.75) is 51.4 Å². The van der Waals surface area contributed by atoms with Gasteiger partial charge in [-0.15, -0.1) is 0 Å². The third kappa shape index (κ3) is 13.8. The van der Waals surface area contributed by atoms with E-state index in [0.717, 1.165) is 0 Å². The average Bonchev–Trinajstić information content (AvgIpc) is 3.19. The first-order valence-electron chi connectivity index (χ1n) is 17.8. The normalized spacial score (nSPS) is 11.1. The summed E-state index contributed by atoms with van der Waals surface area (Å²) in [4.78, 5) is 52.0. The molecule has 0 aromatic heterocycles. The van der Waals surface area contributed by atoms with E-state index in [1.54, 1.807) is 0 Å². The summed E-state index contributed by atoms with van der Waals surface area (Å²) < 4.78 is 22.2. The second-order valence-corrected chi connectivity index (χ2v) is 13.4. The van der Waals surface area contributed by atoms with Crippen molar-refractivity contribution in [1.29, 1.82) is 0 Å². The molecule has 16 heteroatoms. The van der Waals surface area contributed by atoms with Crippen molar-refractivity contribution in [1.82, 2.24) is 0 Å². The number of esters is 4. The zero-order chi connectivity index (χ0) is 41.5. The highest BCUT2D eigenvalue weighted by Gasteiger charge is 2.38. The predicted molar refractivity (Wildman–Crippen MR) is 199 cm³/mol. The van der Waals surface area contributed by atoms with Gasteiger partial charge < -0.3 is 59.8 Å². The van der Waals surface area contributed by atoms with Gasteiger partial charge >= 0.3 is 23.9 Å². The molecule has 0 amide bonds. The summed E-state index contributed by atoms with van der Waals surface area (Å²) in [7, 11) is 0. The first kappa shape index (κ1) is 42.9. The van der Waals surface area contributed by atoms with E-state index in [0.29, 0.717) is 22.3 Å². The van der Waals surface area contributed by atoms with Crippen LogP contribution in [0, 0.1) is 5.41 Å². The molecule has 0 atom stereocenters. The van der Waals surface area contributed by atoms with Gasteiger partial charge in [0, 0.05) is 25.7 Å². The van der Waals surface area contributed by atoms with E-state index >= 15 is 0 Å². The standard InChI is InChI=1S/C41H44O16/c42-29-9-1-25(17-33(29)46)5-13-37(50)54-21-41(22-55-38(51)14-6-26-2-10-30(43)34(47)18-26,23-56-39(52)15-7-27-3-11-31(44)35(48)19-27)24-57-40(53)16-8-28-4-12-32(45)36(49)20-28/h1-4,9-12,17-20,42-49H,5-8,13-16,21-24H2. The number of carbonyl (C=O) groups is 4. The van der Waals surface area contributed by atoms with Gasteiger partial charge in [-0.05, 0) is 96.5 Å². The number of hydrogen-bond acceptors (Lipinski definition) is 16. The summed E-state index contributed by atoms with van der Waals surface area (Å²) in [6.45, 7) is -2.26. The first-order valence-corrected chi connectivity index (χ1v) is 17.8. The Kier molecular flexibility index (Phi) is 15.2. The number of aryl methyl sites for hydroxylation is 4. The first-order chi connectivity index (χ1) is 27.1. The second kappa shape index (κ2) is 20.2. The predicted octanol–water partition coefficient (Wildman–Crippen LogP) is 4.32. The minimum Gasteiger partial charge on any atom is -0.504 e. The third-order valence-corrected chi connectivity index (χ3v) is 8.79. The molecular formula is C41H44O16. The molecule has 0 radical (unpaired) electrons. The lowest BCUT2D eigenvalue weighted by molar-refractivity contribution is -0.170. The van der Waals surface area contributed by atoms with Gasteiger partial charge in [-0.2, -0.15) is 0 Å². The van der Waals surface area contributed by atoms with Crippen LogP contribution in [0.5, 0.6) is 46.0 Å². The topological polar surface area (TPSA) is 267 Å². The summed E-state index contributed by atoms with van der Waals surface area (Å²) in [6, 6.07) is 16.2. The molecule has 0 aliphatic rings. The van der Waals surface area contributed by atoms with Crippen molar-refractivity contribution < 1.29 is 79.0 Å². The van der Waals surface area contributed by atoms with E-state index in [1.807, 2.05) is 0 Å². The van der Waals surface area contributed by atoms with Crippen molar-refractivity contribution in [2.24, 2.45) is 5.41 Å². The second-order valence-electron chi connectivity index (χ2n) is 13.4. The van der Waals surface area contributed by atoms with Crippen LogP contribution in [0.1, 0.15) is 47.9 Å². The molecule has 16 nitrogen and oxygen atoms in total. The van der Waals surface area contributed by atoms with Crippen LogP contribution >= 0.6 is 0 Å². The average molecular weight is 793 g/mol. The molecule has 0 heterocycles. The quantitative estimate of drug-likeness (QED) is 0.0352. The van der Waals surface area contributed by atoms with Crippen molar-refractivity contribution in [3.05, 3.63) is 95.1 Å². The maximum Gasteiger partial charge on any atom is 0.306 e. The van der Waals surface area contributed by atoms with Crippen LogP contribution in [-0.4, -0.2) is 91.2 Å². The van der Waals surface area contributed by atoms with Gasteiger partial charge in [0.1, 0.15) is 31.8 Å². The van der Waals surface area contributed by atoms with Crippen molar-refractivity contribution >= 4 is 23.9 Å². The van der Waals surface area contributed by atoms with Gasteiger partial charge in [0.25, 0.3) is 0 Å². The number of benzene rings is 4. The minimum absolute atomic E-state index is 0.102. The SMILES string of the molecule is O=C(CCc1ccc(O)c(O)c1)OCC(COC(=O)CCc1ccc(O)c(O)c1)(COC(=O)CCc1ccc(O)c(O)c1)COC(=O)CCc1ccc(O)c(O)c1. The Hall–Kier alpha value is -6.84. The van der Waals surface area contributed by atoms with Crippen molar-refractivity contribution in [2.75, 3.05) is 26.4 Å². The molecule has 0 aliphatic heterocycles. The smallest absolute Gasteiger partial charge is 0.306 e. The lowest BCUT2D eigenvalue weighted by Gasteiger charge is -2.31. The molecular weight excluding hydrogens is 748 g/mol.